The molecular weight excluding hydrogens is 264 g/mol. The number of hydrogen-bond acceptors (Lipinski definition) is 3. The van der Waals surface area contributed by atoms with Gasteiger partial charge < -0.3 is 10.1 Å². The maximum Gasteiger partial charge on any atom is 0.258 e. The largest absolute Gasteiger partial charge is 0.388 e. The number of nitrogens with zero attached hydrogens (tertiary/aromatic N) is 1. The van der Waals surface area contributed by atoms with Crippen LogP contribution in [0, 0.1) is 0 Å². The maximum absolute atomic E-state index is 12.0. The topological polar surface area (TPSA) is 66.0 Å². The number of aromatic nitrogens is 2. The Labute approximate surface area is 122 Å². The normalized spacial score (nSPS) is 10.9. The molecule has 0 bridgehead atoms. The van der Waals surface area contributed by atoms with Gasteiger partial charge in [0.05, 0.1) is 10.9 Å². The Morgan fingerprint density at radius 2 is 1.76 bits per heavy atom. The van der Waals surface area contributed by atoms with E-state index in [0.717, 1.165) is 18.4 Å². The summed E-state index contributed by atoms with van der Waals surface area (Å²) >= 11 is 0. The van der Waals surface area contributed by atoms with Crippen LogP contribution in [-0.2, 0) is 19.4 Å². The lowest BCUT2D eigenvalue weighted by Gasteiger charge is -2.05. The van der Waals surface area contributed by atoms with E-state index in [1.165, 1.54) is 5.56 Å². The quantitative estimate of drug-likeness (QED) is 0.770. The molecular formula is C17H16N2O2. The molecule has 0 aliphatic carbocycles. The van der Waals surface area contributed by atoms with Crippen molar-refractivity contribution in [2.24, 2.45) is 0 Å². The molecule has 0 aliphatic heterocycles. The highest BCUT2D eigenvalue weighted by Gasteiger charge is 2.05. The summed E-state index contributed by atoms with van der Waals surface area (Å²) in [5.74, 6) is 0.296. The summed E-state index contributed by atoms with van der Waals surface area (Å²) in [6.45, 7) is -0.263. The van der Waals surface area contributed by atoms with Gasteiger partial charge in [-0.25, -0.2) is 4.98 Å². The molecule has 0 spiro atoms. The molecule has 0 radical (unpaired) electrons. The number of aliphatic hydroxyl groups is 1. The summed E-state index contributed by atoms with van der Waals surface area (Å²) in [5, 5.41) is 9.62. The molecule has 1 heterocycles. The van der Waals surface area contributed by atoms with Crippen LogP contribution in [0.1, 0.15) is 17.0 Å². The minimum absolute atomic E-state index is 0.203. The van der Waals surface area contributed by atoms with Crippen LogP contribution in [0.2, 0.25) is 0 Å². The predicted octanol–water partition coefficient (Wildman–Crippen LogP) is 2.20. The van der Waals surface area contributed by atoms with Gasteiger partial charge in [0.25, 0.3) is 5.56 Å². The van der Waals surface area contributed by atoms with Crippen molar-refractivity contribution in [2.75, 3.05) is 0 Å². The second-order valence-electron chi connectivity index (χ2n) is 5.01. The first-order valence-electron chi connectivity index (χ1n) is 6.93. The monoisotopic (exact) mass is 280 g/mol. The van der Waals surface area contributed by atoms with Gasteiger partial charge in [0, 0.05) is 0 Å². The fourth-order valence-corrected chi connectivity index (χ4v) is 2.40. The van der Waals surface area contributed by atoms with E-state index in [4.69, 9.17) is 5.11 Å². The molecule has 2 aromatic carbocycles. The second kappa shape index (κ2) is 5.89. The lowest BCUT2D eigenvalue weighted by molar-refractivity contribution is 0.271. The Kier molecular flexibility index (Phi) is 3.79. The van der Waals surface area contributed by atoms with Crippen LogP contribution in [0.3, 0.4) is 0 Å². The van der Waals surface area contributed by atoms with Gasteiger partial charge in [-0.15, -0.1) is 0 Å². The lowest BCUT2D eigenvalue weighted by atomic mass is 10.0. The fourth-order valence-electron chi connectivity index (χ4n) is 2.40. The molecule has 0 fully saturated rings. The van der Waals surface area contributed by atoms with E-state index in [0.29, 0.717) is 16.7 Å². The van der Waals surface area contributed by atoms with Crippen molar-refractivity contribution in [1.29, 1.82) is 0 Å². The van der Waals surface area contributed by atoms with Gasteiger partial charge in [-0.3, -0.25) is 4.79 Å². The molecule has 0 atom stereocenters. The number of hydrogen-bond donors (Lipinski definition) is 2. The third kappa shape index (κ3) is 3.01. The number of aliphatic hydroxyl groups excluding tert-OH is 1. The molecule has 3 rings (SSSR count). The minimum Gasteiger partial charge on any atom is -0.388 e. The Hall–Kier alpha value is -2.46. The number of fused-ring (bicyclic) bond motifs is 1. The van der Waals surface area contributed by atoms with Crippen molar-refractivity contribution in [3.63, 3.8) is 0 Å². The Morgan fingerprint density at radius 3 is 2.52 bits per heavy atom. The molecule has 0 saturated carbocycles. The summed E-state index contributed by atoms with van der Waals surface area (Å²) in [5.41, 5.74) is 2.80. The number of aryl methyl sites for hydroxylation is 2. The van der Waals surface area contributed by atoms with E-state index < -0.39 is 0 Å². The number of aromatic amines is 1. The molecule has 106 valence electrons. The van der Waals surface area contributed by atoms with Crippen LogP contribution in [0.25, 0.3) is 10.9 Å². The van der Waals surface area contributed by atoms with Crippen LogP contribution >= 0.6 is 0 Å². The van der Waals surface area contributed by atoms with E-state index in [9.17, 15) is 4.79 Å². The molecule has 0 aliphatic rings. The van der Waals surface area contributed by atoms with Gasteiger partial charge >= 0.3 is 0 Å². The molecule has 4 nitrogen and oxygen atoms in total. The molecule has 1 aromatic heterocycles. The van der Waals surface area contributed by atoms with Gasteiger partial charge in [-0.05, 0) is 36.1 Å². The van der Waals surface area contributed by atoms with Crippen molar-refractivity contribution >= 4 is 10.9 Å². The summed E-state index contributed by atoms with van der Waals surface area (Å²) in [4.78, 5) is 18.8. The zero-order chi connectivity index (χ0) is 14.7. The Balaban J connectivity index is 1.87. The van der Waals surface area contributed by atoms with E-state index >= 15 is 0 Å². The zero-order valence-corrected chi connectivity index (χ0v) is 11.5. The predicted molar refractivity (Wildman–Crippen MR) is 82.1 cm³/mol. The van der Waals surface area contributed by atoms with Gasteiger partial charge in [0.15, 0.2) is 0 Å². The first-order valence-corrected chi connectivity index (χ1v) is 6.93. The van der Waals surface area contributed by atoms with Crippen molar-refractivity contribution in [2.45, 2.75) is 19.4 Å². The lowest BCUT2D eigenvalue weighted by Crippen LogP contribution is -2.12. The van der Waals surface area contributed by atoms with Gasteiger partial charge in [-0.2, -0.15) is 0 Å². The van der Waals surface area contributed by atoms with E-state index in [1.54, 1.807) is 0 Å². The van der Waals surface area contributed by atoms with E-state index in [1.807, 2.05) is 36.4 Å². The van der Waals surface area contributed by atoms with Gasteiger partial charge in [0.2, 0.25) is 0 Å². The van der Waals surface area contributed by atoms with Gasteiger partial charge in [0.1, 0.15) is 12.4 Å². The average molecular weight is 280 g/mol. The second-order valence-corrected chi connectivity index (χ2v) is 5.01. The zero-order valence-electron chi connectivity index (χ0n) is 11.5. The fraction of sp³-hybridized carbons (Fsp3) is 0.176. The highest BCUT2D eigenvalue weighted by molar-refractivity contribution is 5.78. The summed E-state index contributed by atoms with van der Waals surface area (Å²) in [6.07, 6.45) is 1.81. The molecule has 2 N–H and O–H groups in total. The van der Waals surface area contributed by atoms with Crippen LogP contribution in [0.4, 0.5) is 0 Å². The molecule has 3 aromatic rings. The smallest absolute Gasteiger partial charge is 0.258 e. The standard InChI is InChI=1S/C17H16N2O2/c20-11-16-18-15-9-8-13(10-14(15)17(21)19-16)7-6-12-4-2-1-3-5-12/h1-5,8-10,20H,6-7,11H2,(H,18,19,21). The van der Waals surface area contributed by atoms with E-state index in [2.05, 4.69) is 22.1 Å². The average Bonchev–Trinajstić information content (AvgIpc) is 2.54. The van der Waals surface area contributed by atoms with Crippen molar-refractivity contribution in [3.8, 4) is 0 Å². The number of rotatable bonds is 4. The van der Waals surface area contributed by atoms with Crippen molar-refractivity contribution in [3.05, 3.63) is 75.8 Å². The number of benzene rings is 2. The molecule has 21 heavy (non-hydrogen) atoms. The summed E-state index contributed by atoms with van der Waals surface area (Å²) in [6, 6.07) is 16.0. The van der Waals surface area contributed by atoms with Gasteiger partial charge in [-0.1, -0.05) is 36.4 Å². The third-order valence-electron chi connectivity index (χ3n) is 3.51. The molecule has 4 heteroatoms. The first-order chi connectivity index (χ1) is 10.3. The number of nitrogens with one attached hydrogen (secondary N) is 1. The summed E-state index contributed by atoms with van der Waals surface area (Å²) in [7, 11) is 0. The van der Waals surface area contributed by atoms with Crippen molar-refractivity contribution < 1.29 is 5.11 Å². The Bertz CT molecular complexity index is 810. The highest BCUT2D eigenvalue weighted by Crippen LogP contribution is 2.13. The van der Waals surface area contributed by atoms with E-state index in [-0.39, 0.29) is 12.2 Å². The third-order valence-corrected chi connectivity index (χ3v) is 3.51. The molecule has 0 unspecified atom stereocenters. The first kappa shape index (κ1) is 13.5. The van der Waals surface area contributed by atoms with Crippen LogP contribution in [0.15, 0.2) is 53.3 Å². The van der Waals surface area contributed by atoms with Crippen LogP contribution in [-0.4, -0.2) is 15.1 Å². The van der Waals surface area contributed by atoms with Crippen LogP contribution < -0.4 is 5.56 Å². The Morgan fingerprint density at radius 1 is 1.00 bits per heavy atom. The number of H-pyrrole nitrogens is 1. The van der Waals surface area contributed by atoms with Crippen molar-refractivity contribution in [1.82, 2.24) is 9.97 Å². The molecule has 0 saturated heterocycles. The van der Waals surface area contributed by atoms with Crippen LogP contribution in [0.5, 0.6) is 0 Å². The SMILES string of the molecule is O=c1[nH]c(CO)nc2ccc(CCc3ccccc3)cc12. The molecule has 0 amide bonds. The highest BCUT2D eigenvalue weighted by atomic mass is 16.3. The maximum atomic E-state index is 12.0. The summed E-state index contributed by atoms with van der Waals surface area (Å²) < 4.78 is 0. The minimum atomic E-state index is -0.263.